The molecule has 0 saturated heterocycles. The normalized spacial score (nSPS) is 11.5. The molecule has 11 rings (SSSR count). The van der Waals surface area contributed by atoms with Crippen molar-refractivity contribution in [3.63, 3.8) is 0 Å². The Bertz CT molecular complexity index is 3210. The highest BCUT2D eigenvalue weighted by Gasteiger charge is 2.23. The first kappa shape index (κ1) is 32.8. The van der Waals surface area contributed by atoms with E-state index in [1.54, 1.807) is 0 Å². The zero-order valence-electron chi connectivity index (χ0n) is 31.0. The minimum Gasteiger partial charge on any atom is -0.279 e. The quantitative estimate of drug-likeness (QED) is 0.160. The molecule has 57 heavy (non-hydrogen) atoms. The maximum atomic E-state index is 5.22. The van der Waals surface area contributed by atoms with E-state index in [1.165, 1.54) is 65.7 Å². The summed E-state index contributed by atoms with van der Waals surface area (Å²) in [5.41, 5.74) is 10.1. The molecule has 0 aliphatic heterocycles. The van der Waals surface area contributed by atoms with Gasteiger partial charge in [-0.1, -0.05) is 158 Å². The highest BCUT2D eigenvalue weighted by atomic mass is 15.2. The molecule has 266 valence electrons. The summed E-state index contributed by atoms with van der Waals surface area (Å²) < 4.78 is 0. The Morgan fingerprint density at radius 1 is 0.316 bits per heavy atom. The zero-order chi connectivity index (χ0) is 37.7. The maximum absolute atomic E-state index is 5.22. The van der Waals surface area contributed by atoms with Crippen LogP contribution in [0.4, 0.5) is 17.3 Å². The largest absolute Gasteiger partial charge is 0.279 e. The molecule has 0 aliphatic carbocycles. The molecule has 0 fully saturated rings. The molecular weight excluding hydrogens is 691 g/mol. The van der Waals surface area contributed by atoms with E-state index < -0.39 is 0 Å². The summed E-state index contributed by atoms with van der Waals surface area (Å²) in [7, 11) is 0. The second-order valence-electron chi connectivity index (χ2n) is 14.5. The predicted octanol–water partition coefficient (Wildman–Crippen LogP) is 14.7. The second-order valence-corrected chi connectivity index (χ2v) is 14.5. The van der Waals surface area contributed by atoms with Gasteiger partial charge in [-0.05, 0) is 120 Å². The Labute approximate surface area is 330 Å². The third kappa shape index (κ3) is 5.60. The molecule has 3 nitrogen and oxygen atoms in total. The highest BCUT2D eigenvalue weighted by molar-refractivity contribution is 6.33. The molecule has 2 aromatic heterocycles. The highest BCUT2D eigenvalue weighted by Crippen LogP contribution is 2.50. The van der Waals surface area contributed by atoms with Gasteiger partial charge in [0, 0.05) is 16.5 Å². The SMILES string of the molecule is c1ccc(-c2cc(-c3ccccc3)c3c4ccc(N(c5ccc6ccccc6n5)c5ccc6ccccc6n5)cc4c4ccccc4c3c2-c2ccccc2)cc1. The Kier molecular flexibility index (Phi) is 7.82. The van der Waals surface area contributed by atoms with Gasteiger partial charge in [0.2, 0.25) is 0 Å². The van der Waals surface area contributed by atoms with E-state index in [2.05, 4.69) is 205 Å². The lowest BCUT2D eigenvalue weighted by atomic mass is 9.81. The van der Waals surface area contributed by atoms with E-state index in [9.17, 15) is 0 Å². The van der Waals surface area contributed by atoms with Gasteiger partial charge in [0.15, 0.2) is 0 Å². The van der Waals surface area contributed by atoms with Crippen LogP contribution >= 0.6 is 0 Å². The van der Waals surface area contributed by atoms with E-state index in [1.807, 2.05) is 12.1 Å². The first-order valence-electron chi connectivity index (χ1n) is 19.4. The van der Waals surface area contributed by atoms with Gasteiger partial charge in [-0.25, -0.2) is 9.97 Å². The zero-order valence-corrected chi connectivity index (χ0v) is 31.0. The van der Waals surface area contributed by atoms with Crippen LogP contribution in [0, 0.1) is 0 Å². The van der Waals surface area contributed by atoms with Gasteiger partial charge in [0.25, 0.3) is 0 Å². The lowest BCUT2D eigenvalue weighted by Gasteiger charge is -2.25. The average molecular weight is 726 g/mol. The molecule has 0 spiro atoms. The summed E-state index contributed by atoms with van der Waals surface area (Å²) in [4.78, 5) is 12.6. The number of anilines is 3. The van der Waals surface area contributed by atoms with Gasteiger partial charge in [-0.3, -0.25) is 4.90 Å². The lowest BCUT2D eigenvalue weighted by Crippen LogP contribution is -2.13. The van der Waals surface area contributed by atoms with Crippen LogP contribution in [-0.2, 0) is 0 Å². The second kappa shape index (κ2) is 13.6. The van der Waals surface area contributed by atoms with Crippen LogP contribution in [0.5, 0.6) is 0 Å². The third-order valence-electron chi connectivity index (χ3n) is 11.2. The summed E-state index contributed by atoms with van der Waals surface area (Å²) in [5.74, 6) is 1.62. The average Bonchev–Trinajstić information content (AvgIpc) is 3.29. The fourth-order valence-corrected chi connectivity index (χ4v) is 8.62. The van der Waals surface area contributed by atoms with Crippen LogP contribution in [0.3, 0.4) is 0 Å². The van der Waals surface area contributed by atoms with Crippen LogP contribution in [0.25, 0.3) is 87.5 Å². The van der Waals surface area contributed by atoms with Crippen molar-refractivity contribution in [2.45, 2.75) is 0 Å². The Balaban J connectivity index is 1.26. The number of para-hydroxylation sites is 2. The van der Waals surface area contributed by atoms with Crippen LogP contribution in [0.2, 0.25) is 0 Å². The molecule has 0 amide bonds. The van der Waals surface area contributed by atoms with Crippen molar-refractivity contribution in [2.24, 2.45) is 0 Å². The molecule has 11 aromatic rings. The van der Waals surface area contributed by atoms with Crippen molar-refractivity contribution in [3.05, 3.63) is 212 Å². The lowest BCUT2D eigenvalue weighted by molar-refractivity contribution is 1.16. The molecule has 9 aromatic carbocycles. The number of aromatic nitrogens is 2. The number of pyridine rings is 2. The molecule has 2 heterocycles. The van der Waals surface area contributed by atoms with Crippen LogP contribution < -0.4 is 4.90 Å². The molecule has 0 saturated carbocycles. The molecule has 0 atom stereocenters. The Morgan fingerprint density at radius 2 is 0.807 bits per heavy atom. The van der Waals surface area contributed by atoms with Crippen LogP contribution in [0.15, 0.2) is 212 Å². The smallest absolute Gasteiger partial charge is 0.139 e. The molecule has 3 heteroatoms. The molecule has 0 radical (unpaired) electrons. The Hall–Kier alpha value is -7.62. The minimum atomic E-state index is 0.810. The van der Waals surface area contributed by atoms with E-state index >= 15 is 0 Å². The minimum absolute atomic E-state index is 0.810. The Morgan fingerprint density at radius 3 is 1.42 bits per heavy atom. The summed E-state index contributed by atoms with van der Waals surface area (Å²) in [6.45, 7) is 0. The fourth-order valence-electron chi connectivity index (χ4n) is 8.62. The van der Waals surface area contributed by atoms with Crippen LogP contribution in [-0.4, -0.2) is 9.97 Å². The topological polar surface area (TPSA) is 29.0 Å². The van der Waals surface area contributed by atoms with Gasteiger partial charge in [-0.2, -0.15) is 0 Å². The molecule has 0 bridgehead atoms. The molecule has 0 aliphatic rings. The maximum Gasteiger partial charge on any atom is 0.139 e. The number of fused-ring (bicyclic) bond motifs is 8. The number of benzene rings is 9. The predicted molar refractivity (Wildman–Crippen MR) is 241 cm³/mol. The third-order valence-corrected chi connectivity index (χ3v) is 11.2. The van der Waals surface area contributed by atoms with Gasteiger partial charge < -0.3 is 0 Å². The number of hydrogen-bond acceptors (Lipinski definition) is 3. The fraction of sp³-hybridized carbons (Fsp3) is 0. The van der Waals surface area contributed by atoms with Crippen LogP contribution in [0.1, 0.15) is 0 Å². The van der Waals surface area contributed by atoms with E-state index in [-0.39, 0.29) is 0 Å². The van der Waals surface area contributed by atoms with E-state index in [0.717, 1.165) is 39.1 Å². The first-order chi connectivity index (χ1) is 28.3. The van der Waals surface area contributed by atoms with E-state index in [0.29, 0.717) is 0 Å². The first-order valence-corrected chi connectivity index (χ1v) is 19.4. The summed E-state index contributed by atoms with van der Waals surface area (Å²) in [6, 6.07) is 75.9. The number of hydrogen-bond donors (Lipinski definition) is 0. The van der Waals surface area contributed by atoms with Crippen molar-refractivity contribution in [1.29, 1.82) is 0 Å². The van der Waals surface area contributed by atoms with Gasteiger partial charge in [0.1, 0.15) is 11.6 Å². The van der Waals surface area contributed by atoms with Crippen molar-refractivity contribution < 1.29 is 0 Å². The standard InChI is InChI=1S/C54H35N3/c1-4-16-36(17-5-1)45-35-46(37-18-6-2-7-19-37)53-44-31-30-41(34-47(44)42-24-12-13-25-43(42)54(53)52(45)40-22-8-3-9-23-40)57(50-32-28-38-20-10-14-26-48(38)55-50)51-33-29-39-21-11-15-27-49(39)56-51/h1-35H. The van der Waals surface area contributed by atoms with Gasteiger partial charge in [-0.15, -0.1) is 0 Å². The summed E-state index contributed by atoms with van der Waals surface area (Å²) in [6.07, 6.45) is 0. The number of nitrogens with zero attached hydrogens (tertiary/aromatic N) is 3. The molecule has 0 unspecified atom stereocenters. The summed E-state index contributed by atoms with van der Waals surface area (Å²) >= 11 is 0. The van der Waals surface area contributed by atoms with Gasteiger partial charge >= 0.3 is 0 Å². The van der Waals surface area contributed by atoms with Crippen molar-refractivity contribution >= 4 is 71.4 Å². The van der Waals surface area contributed by atoms with Crippen molar-refractivity contribution in [3.8, 4) is 33.4 Å². The molecular formula is C54H35N3. The summed E-state index contributed by atoms with van der Waals surface area (Å²) in [5, 5.41) is 9.46. The van der Waals surface area contributed by atoms with E-state index in [4.69, 9.17) is 9.97 Å². The van der Waals surface area contributed by atoms with Crippen molar-refractivity contribution in [1.82, 2.24) is 9.97 Å². The number of rotatable bonds is 6. The monoisotopic (exact) mass is 725 g/mol. The van der Waals surface area contributed by atoms with Gasteiger partial charge in [0.05, 0.1) is 11.0 Å². The molecule has 0 N–H and O–H groups in total. The van der Waals surface area contributed by atoms with Crippen molar-refractivity contribution in [2.75, 3.05) is 4.90 Å².